The van der Waals surface area contributed by atoms with Gasteiger partial charge in [-0.1, -0.05) is 30.3 Å². The highest BCUT2D eigenvalue weighted by molar-refractivity contribution is 5.90. The second-order valence-electron chi connectivity index (χ2n) is 5.61. The average molecular weight is 299 g/mol. The molecule has 0 aliphatic carbocycles. The second-order valence-corrected chi connectivity index (χ2v) is 5.61. The van der Waals surface area contributed by atoms with E-state index in [2.05, 4.69) is 22.5 Å². The number of nitrogens with zero attached hydrogens (tertiary/aromatic N) is 2. The molecule has 0 saturated carbocycles. The van der Waals surface area contributed by atoms with Crippen LogP contribution in [0.3, 0.4) is 0 Å². The summed E-state index contributed by atoms with van der Waals surface area (Å²) in [5.41, 5.74) is 2.03. The van der Waals surface area contributed by atoms with Crippen LogP contribution in [0.25, 0.3) is 0 Å². The topological polar surface area (TPSA) is 56.2 Å². The molecule has 116 valence electrons. The molecule has 1 atom stereocenters. The average Bonchev–Trinajstić information content (AvgIpc) is 3.19. The molecule has 3 rings (SSSR count). The normalized spacial score (nSPS) is 17.5. The van der Waals surface area contributed by atoms with Gasteiger partial charge in [-0.2, -0.15) is 5.10 Å². The molecule has 0 bridgehead atoms. The molecule has 0 spiro atoms. The minimum absolute atomic E-state index is 0.0400. The molecule has 1 N–H and O–H groups in total. The third kappa shape index (κ3) is 3.95. The molecule has 5 nitrogen and oxygen atoms in total. The maximum Gasteiger partial charge on any atom is 0.224 e. The predicted octanol–water partition coefficient (Wildman–Crippen LogP) is 2.81. The van der Waals surface area contributed by atoms with E-state index in [1.807, 2.05) is 29.1 Å². The molecule has 2 aromatic rings. The summed E-state index contributed by atoms with van der Waals surface area (Å²) in [6, 6.07) is 10.5. The van der Waals surface area contributed by atoms with E-state index >= 15 is 0 Å². The molecular weight excluding hydrogens is 278 g/mol. The van der Waals surface area contributed by atoms with Crippen LogP contribution in [-0.2, 0) is 16.0 Å². The summed E-state index contributed by atoms with van der Waals surface area (Å²) in [4.78, 5) is 12.0. The van der Waals surface area contributed by atoms with Gasteiger partial charge in [-0.15, -0.1) is 0 Å². The van der Waals surface area contributed by atoms with Crippen molar-refractivity contribution >= 4 is 11.6 Å². The largest absolute Gasteiger partial charge is 0.379 e. The van der Waals surface area contributed by atoms with Gasteiger partial charge in [0.05, 0.1) is 24.5 Å². The van der Waals surface area contributed by atoms with Crippen molar-refractivity contribution in [3.63, 3.8) is 0 Å². The van der Waals surface area contributed by atoms with Gasteiger partial charge in [-0.05, 0) is 24.8 Å². The molecule has 1 aliphatic rings. The Morgan fingerprint density at radius 2 is 2.23 bits per heavy atom. The van der Waals surface area contributed by atoms with Gasteiger partial charge in [-0.25, -0.2) is 0 Å². The number of amides is 1. The first-order valence-electron chi connectivity index (χ1n) is 7.77. The minimum atomic E-state index is 0.0400. The summed E-state index contributed by atoms with van der Waals surface area (Å²) >= 11 is 0. The lowest BCUT2D eigenvalue weighted by Crippen LogP contribution is -2.11. The van der Waals surface area contributed by atoms with Crippen molar-refractivity contribution in [2.45, 2.75) is 31.7 Å². The Hall–Kier alpha value is -2.14. The molecule has 1 amide bonds. The van der Waals surface area contributed by atoms with Gasteiger partial charge in [0, 0.05) is 19.2 Å². The molecule has 1 saturated heterocycles. The highest BCUT2D eigenvalue weighted by Crippen LogP contribution is 2.19. The van der Waals surface area contributed by atoms with Crippen molar-refractivity contribution in [2.75, 3.05) is 18.5 Å². The van der Waals surface area contributed by atoms with Crippen LogP contribution in [0, 0.1) is 0 Å². The molecular formula is C17H21N3O2. The van der Waals surface area contributed by atoms with Crippen LogP contribution in [0.5, 0.6) is 0 Å². The Morgan fingerprint density at radius 1 is 1.36 bits per heavy atom. The van der Waals surface area contributed by atoms with E-state index in [1.54, 1.807) is 6.20 Å². The molecule has 5 heteroatoms. The molecule has 22 heavy (non-hydrogen) atoms. The number of hydrogen-bond acceptors (Lipinski definition) is 3. The van der Waals surface area contributed by atoms with Crippen molar-refractivity contribution in [3.8, 4) is 0 Å². The van der Waals surface area contributed by atoms with Crippen LogP contribution >= 0.6 is 0 Å². The first kappa shape index (κ1) is 14.8. The lowest BCUT2D eigenvalue weighted by molar-refractivity contribution is -0.116. The Bertz CT molecular complexity index is 603. The van der Waals surface area contributed by atoms with Crippen molar-refractivity contribution < 1.29 is 9.53 Å². The standard InChI is InChI=1S/C17H21N3O2/c21-17(8-4-7-14-5-2-1-3-6-14)19-15-11-18-20(12-15)16-9-10-22-13-16/h1-3,5-6,11-12,16H,4,7-10,13H2,(H,19,21)/t16-/m1/s1. The summed E-state index contributed by atoms with van der Waals surface area (Å²) in [6.07, 6.45) is 6.86. The number of nitrogens with one attached hydrogen (secondary N) is 1. The zero-order valence-electron chi connectivity index (χ0n) is 12.6. The van der Waals surface area contributed by atoms with Gasteiger partial charge in [0.2, 0.25) is 5.91 Å². The Morgan fingerprint density at radius 3 is 3.00 bits per heavy atom. The Kier molecular flexibility index (Phi) is 4.85. The predicted molar refractivity (Wildman–Crippen MR) is 84.7 cm³/mol. The Labute approximate surface area is 130 Å². The van der Waals surface area contributed by atoms with Crippen LogP contribution in [0.4, 0.5) is 5.69 Å². The lowest BCUT2D eigenvalue weighted by atomic mass is 10.1. The zero-order valence-corrected chi connectivity index (χ0v) is 12.6. The maximum atomic E-state index is 12.0. The van der Waals surface area contributed by atoms with Crippen molar-refractivity contribution in [1.29, 1.82) is 0 Å². The smallest absolute Gasteiger partial charge is 0.224 e. The number of benzene rings is 1. The fourth-order valence-electron chi connectivity index (χ4n) is 2.65. The van der Waals surface area contributed by atoms with Gasteiger partial charge in [0.15, 0.2) is 0 Å². The van der Waals surface area contributed by atoms with Crippen molar-refractivity contribution in [1.82, 2.24) is 9.78 Å². The van der Waals surface area contributed by atoms with E-state index in [1.165, 1.54) is 5.56 Å². The molecule has 1 aromatic heterocycles. The van der Waals surface area contributed by atoms with E-state index in [-0.39, 0.29) is 5.91 Å². The first-order chi connectivity index (χ1) is 10.8. The molecule has 1 fully saturated rings. The van der Waals surface area contributed by atoms with E-state index in [9.17, 15) is 4.79 Å². The molecule has 0 radical (unpaired) electrons. The highest BCUT2D eigenvalue weighted by Gasteiger charge is 2.18. The van der Waals surface area contributed by atoms with Crippen LogP contribution in [0.1, 0.15) is 30.9 Å². The maximum absolute atomic E-state index is 12.0. The van der Waals surface area contributed by atoms with Gasteiger partial charge in [-0.3, -0.25) is 9.48 Å². The number of carbonyl (C=O) groups is 1. The molecule has 1 aliphatic heterocycles. The number of ether oxygens (including phenoxy) is 1. The number of aromatic nitrogens is 2. The fraction of sp³-hybridized carbons (Fsp3) is 0.412. The summed E-state index contributed by atoms with van der Waals surface area (Å²) in [5, 5.41) is 7.21. The fourth-order valence-corrected chi connectivity index (χ4v) is 2.65. The van der Waals surface area contributed by atoms with E-state index in [4.69, 9.17) is 4.74 Å². The minimum Gasteiger partial charge on any atom is -0.379 e. The van der Waals surface area contributed by atoms with Gasteiger partial charge < -0.3 is 10.1 Å². The lowest BCUT2D eigenvalue weighted by Gasteiger charge is -2.07. The van der Waals surface area contributed by atoms with Crippen LogP contribution in [0.2, 0.25) is 0 Å². The number of hydrogen-bond donors (Lipinski definition) is 1. The number of aryl methyl sites for hydroxylation is 1. The monoisotopic (exact) mass is 299 g/mol. The van der Waals surface area contributed by atoms with Crippen LogP contribution in [0.15, 0.2) is 42.7 Å². The number of anilines is 1. The number of carbonyl (C=O) groups excluding carboxylic acids is 1. The van der Waals surface area contributed by atoms with Gasteiger partial charge in [0.25, 0.3) is 0 Å². The van der Waals surface area contributed by atoms with E-state index in [0.717, 1.165) is 31.6 Å². The second kappa shape index (κ2) is 7.22. The van der Waals surface area contributed by atoms with E-state index in [0.29, 0.717) is 19.1 Å². The summed E-state index contributed by atoms with van der Waals surface area (Å²) in [7, 11) is 0. The first-order valence-corrected chi connectivity index (χ1v) is 7.77. The van der Waals surface area contributed by atoms with Gasteiger partial charge >= 0.3 is 0 Å². The van der Waals surface area contributed by atoms with Crippen molar-refractivity contribution in [2.24, 2.45) is 0 Å². The summed E-state index contributed by atoms with van der Waals surface area (Å²) in [5.74, 6) is 0.0400. The number of rotatable bonds is 6. The SMILES string of the molecule is O=C(CCCc1ccccc1)Nc1cnn([C@@H]2CCOC2)c1. The Balaban J connectivity index is 1.43. The molecule has 1 aromatic carbocycles. The summed E-state index contributed by atoms with van der Waals surface area (Å²) < 4.78 is 7.23. The van der Waals surface area contributed by atoms with Crippen LogP contribution < -0.4 is 5.32 Å². The molecule has 2 heterocycles. The van der Waals surface area contributed by atoms with Crippen LogP contribution in [-0.4, -0.2) is 28.9 Å². The van der Waals surface area contributed by atoms with Gasteiger partial charge in [0.1, 0.15) is 0 Å². The quantitative estimate of drug-likeness (QED) is 0.892. The molecule has 0 unspecified atom stereocenters. The van der Waals surface area contributed by atoms with E-state index < -0.39 is 0 Å². The zero-order chi connectivity index (χ0) is 15.2. The highest BCUT2D eigenvalue weighted by atomic mass is 16.5. The van der Waals surface area contributed by atoms with Crippen molar-refractivity contribution in [3.05, 3.63) is 48.3 Å². The third-order valence-corrected chi connectivity index (χ3v) is 3.88. The summed E-state index contributed by atoms with van der Waals surface area (Å²) in [6.45, 7) is 1.48. The third-order valence-electron chi connectivity index (χ3n) is 3.88.